The fourth-order valence-electron chi connectivity index (χ4n) is 2.98. The molecule has 2 aliphatic rings. The summed E-state index contributed by atoms with van der Waals surface area (Å²) in [5, 5.41) is 11.2. The molecule has 3 rings (SSSR count). The molecule has 0 bridgehead atoms. The van der Waals surface area contributed by atoms with E-state index < -0.39 is 48.1 Å². The van der Waals surface area contributed by atoms with E-state index in [-0.39, 0.29) is 40.9 Å². The van der Waals surface area contributed by atoms with E-state index in [0.29, 0.717) is 0 Å². The zero-order chi connectivity index (χ0) is 17.2. The van der Waals surface area contributed by atoms with E-state index in [9.17, 15) is 36.2 Å². The maximum absolute atomic E-state index is 13.0. The third-order valence-corrected chi connectivity index (χ3v) is 3.98. The minimum absolute atomic E-state index is 0. The molecule has 0 spiro atoms. The van der Waals surface area contributed by atoms with Crippen LogP contribution >= 0.6 is 0 Å². The normalized spacial score (nSPS) is 27.9. The second-order valence-electron chi connectivity index (χ2n) is 5.37. The number of carbonyl (C=O) groups excluding carboxylic acids is 1. The van der Waals surface area contributed by atoms with Crippen LogP contribution in [0.3, 0.4) is 0 Å². The van der Waals surface area contributed by atoms with E-state index in [0.717, 1.165) is 18.2 Å². The van der Waals surface area contributed by atoms with Crippen LogP contribution in [0.25, 0.3) is 0 Å². The third kappa shape index (κ3) is 3.06. The van der Waals surface area contributed by atoms with Crippen LogP contribution in [0.1, 0.15) is 17.9 Å². The standard InChI is InChI=1S/C13H8F6O4.Na/c14-12(15,16)9-11(10(20)21)4-7(11)6-3-5(23-13(17,18)19)1-2-8(6)22-9;/h1-3,7,9H,4H2,(H,20,21);/q;+1/p-1/t7?,9-,11?;/m1./s1. The number of ether oxygens (including phenoxy) is 2. The number of carboxylic acids is 1. The Hall–Kier alpha value is -1.13. The van der Waals surface area contributed by atoms with Crippen LogP contribution in [0.15, 0.2) is 18.2 Å². The van der Waals surface area contributed by atoms with Crippen LogP contribution in [0.2, 0.25) is 0 Å². The predicted molar refractivity (Wildman–Crippen MR) is 58.4 cm³/mol. The molecule has 0 saturated heterocycles. The maximum Gasteiger partial charge on any atom is 1.00 e. The van der Waals surface area contributed by atoms with Gasteiger partial charge in [-0.1, -0.05) is 0 Å². The van der Waals surface area contributed by atoms with Crippen LogP contribution in [0.5, 0.6) is 11.5 Å². The van der Waals surface area contributed by atoms with Gasteiger partial charge < -0.3 is 19.4 Å². The van der Waals surface area contributed by atoms with Crippen LogP contribution < -0.4 is 44.1 Å². The molecular weight excluding hydrogens is 357 g/mol. The molecular formula is C13H7F6NaO4. The van der Waals surface area contributed by atoms with Gasteiger partial charge in [-0.15, -0.1) is 13.2 Å². The number of rotatable bonds is 2. The zero-order valence-electron chi connectivity index (χ0n) is 12.0. The second kappa shape index (κ2) is 5.70. The van der Waals surface area contributed by atoms with Gasteiger partial charge >= 0.3 is 42.1 Å². The Morgan fingerprint density at radius 1 is 1.25 bits per heavy atom. The molecule has 11 heteroatoms. The second-order valence-corrected chi connectivity index (χ2v) is 5.37. The Labute approximate surface area is 153 Å². The average molecular weight is 364 g/mol. The van der Waals surface area contributed by atoms with E-state index in [1.165, 1.54) is 0 Å². The van der Waals surface area contributed by atoms with Gasteiger partial charge in [0.05, 0.1) is 11.4 Å². The smallest absolute Gasteiger partial charge is 0.549 e. The van der Waals surface area contributed by atoms with Gasteiger partial charge in [0.2, 0.25) is 6.10 Å². The summed E-state index contributed by atoms with van der Waals surface area (Å²) in [6.45, 7) is 0. The summed E-state index contributed by atoms with van der Waals surface area (Å²) >= 11 is 0. The maximum atomic E-state index is 13.0. The fourth-order valence-corrected chi connectivity index (χ4v) is 2.98. The minimum Gasteiger partial charge on any atom is -0.549 e. The van der Waals surface area contributed by atoms with Crippen molar-refractivity contribution < 1.29 is 75.3 Å². The van der Waals surface area contributed by atoms with Crippen molar-refractivity contribution in [3.8, 4) is 11.5 Å². The average Bonchev–Trinajstić information content (AvgIpc) is 3.11. The number of alkyl halides is 6. The Bertz CT molecular complexity index is 673. The summed E-state index contributed by atoms with van der Waals surface area (Å²) in [6, 6.07) is 2.53. The summed E-state index contributed by atoms with van der Waals surface area (Å²) in [5.74, 6) is -4.07. The molecule has 1 aliphatic carbocycles. The van der Waals surface area contributed by atoms with E-state index in [1.807, 2.05) is 0 Å². The third-order valence-electron chi connectivity index (χ3n) is 3.98. The van der Waals surface area contributed by atoms with E-state index >= 15 is 0 Å². The van der Waals surface area contributed by atoms with Crippen molar-refractivity contribution in [1.82, 2.24) is 0 Å². The Balaban J connectivity index is 0.00000208. The monoisotopic (exact) mass is 364 g/mol. The summed E-state index contributed by atoms with van der Waals surface area (Å²) in [6.07, 6.45) is -13.0. The van der Waals surface area contributed by atoms with Crippen LogP contribution in [-0.4, -0.2) is 24.6 Å². The number of benzene rings is 1. The Morgan fingerprint density at radius 3 is 2.38 bits per heavy atom. The quantitative estimate of drug-likeness (QED) is 0.506. The molecule has 1 heterocycles. The summed E-state index contributed by atoms with van der Waals surface area (Å²) in [7, 11) is 0. The molecule has 1 aliphatic heterocycles. The molecule has 3 atom stereocenters. The molecule has 0 N–H and O–H groups in total. The van der Waals surface area contributed by atoms with Gasteiger partial charge in [0.1, 0.15) is 11.5 Å². The first-order chi connectivity index (χ1) is 10.4. The van der Waals surface area contributed by atoms with Gasteiger partial charge in [-0.05, 0) is 24.6 Å². The van der Waals surface area contributed by atoms with E-state index in [2.05, 4.69) is 4.74 Å². The summed E-state index contributed by atoms with van der Waals surface area (Å²) in [5.41, 5.74) is -2.39. The summed E-state index contributed by atoms with van der Waals surface area (Å²) < 4.78 is 84.1. The Kier molecular flexibility index (Phi) is 4.56. The van der Waals surface area contributed by atoms with Crippen molar-refractivity contribution in [3.05, 3.63) is 23.8 Å². The zero-order valence-corrected chi connectivity index (χ0v) is 14.0. The first kappa shape index (κ1) is 19.2. The molecule has 2 unspecified atom stereocenters. The molecule has 4 nitrogen and oxygen atoms in total. The largest absolute Gasteiger partial charge is 1.00 e. The first-order valence-corrected chi connectivity index (χ1v) is 6.29. The van der Waals surface area contributed by atoms with E-state index in [4.69, 9.17) is 4.74 Å². The molecule has 0 radical (unpaired) electrons. The molecule has 126 valence electrons. The fraction of sp³-hybridized carbons (Fsp3) is 0.462. The van der Waals surface area contributed by atoms with Crippen molar-refractivity contribution in [3.63, 3.8) is 0 Å². The van der Waals surface area contributed by atoms with Gasteiger partial charge in [0, 0.05) is 11.5 Å². The van der Waals surface area contributed by atoms with Gasteiger partial charge in [-0.25, -0.2) is 0 Å². The van der Waals surface area contributed by atoms with Crippen molar-refractivity contribution in [2.45, 2.75) is 31.0 Å². The number of hydrogen-bond acceptors (Lipinski definition) is 4. The number of carboxylic acid groups (broad SMARTS) is 1. The topological polar surface area (TPSA) is 58.6 Å². The SMILES string of the molecule is O=C([O-])C12CC1c1cc(OC(F)(F)F)ccc1O[C@H]2C(F)(F)F.[Na+]. The number of halogens is 6. The van der Waals surface area contributed by atoms with Crippen molar-refractivity contribution in [2.75, 3.05) is 0 Å². The number of aliphatic carboxylic acids is 1. The molecule has 0 amide bonds. The van der Waals surface area contributed by atoms with Gasteiger partial charge in [0.25, 0.3) is 0 Å². The van der Waals surface area contributed by atoms with Crippen molar-refractivity contribution in [2.24, 2.45) is 5.41 Å². The van der Waals surface area contributed by atoms with Crippen LogP contribution in [0, 0.1) is 5.41 Å². The number of carbonyl (C=O) groups is 1. The van der Waals surface area contributed by atoms with Gasteiger partial charge in [-0.3, -0.25) is 0 Å². The molecule has 0 aromatic heterocycles. The summed E-state index contributed by atoms with van der Waals surface area (Å²) in [4.78, 5) is 11.2. The van der Waals surface area contributed by atoms with Gasteiger partial charge in [0.15, 0.2) is 0 Å². The van der Waals surface area contributed by atoms with Crippen LogP contribution in [-0.2, 0) is 4.79 Å². The van der Waals surface area contributed by atoms with Crippen LogP contribution in [0.4, 0.5) is 26.3 Å². The number of hydrogen-bond donors (Lipinski definition) is 0. The van der Waals surface area contributed by atoms with Crippen molar-refractivity contribution >= 4 is 5.97 Å². The molecule has 1 aromatic carbocycles. The van der Waals surface area contributed by atoms with Gasteiger partial charge in [-0.2, -0.15) is 13.2 Å². The molecule has 1 saturated carbocycles. The number of fused-ring (bicyclic) bond motifs is 3. The predicted octanol–water partition coefficient (Wildman–Crippen LogP) is -0.864. The van der Waals surface area contributed by atoms with E-state index in [1.54, 1.807) is 0 Å². The molecule has 24 heavy (non-hydrogen) atoms. The molecule has 1 aromatic rings. The first-order valence-electron chi connectivity index (χ1n) is 6.29. The van der Waals surface area contributed by atoms with Crippen molar-refractivity contribution in [1.29, 1.82) is 0 Å². The minimum atomic E-state index is -4.98. The molecule has 1 fully saturated rings. The Morgan fingerprint density at radius 2 is 1.88 bits per heavy atom.